The van der Waals surface area contributed by atoms with Gasteiger partial charge in [0.15, 0.2) is 0 Å². The summed E-state index contributed by atoms with van der Waals surface area (Å²) in [6.45, 7) is 6.13. The summed E-state index contributed by atoms with van der Waals surface area (Å²) < 4.78 is 0. The lowest BCUT2D eigenvalue weighted by atomic mass is 9.93. The molecule has 1 aliphatic carbocycles. The first-order chi connectivity index (χ1) is 11.5. The lowest BCUT2D eigenvalue weighted by molar-refractivity contribution is -0.159. The minimum Gasteiger partial charge on any atom is -0.473 e. The molecular weight excluding hydrogens is 326 g/mol. The molecule has 2 aliphatic rings. The minimum absolute atomic E-state index is 0.937. The zero-order valence-electron chi connectivity index (χ0n) is 14.0. The largest absolute Gasteiger partial charge is 0.473 e. The number of hydrogen-bond donors (Lipinski definition) is 2. The quantitative estimate of drug-likeness (QED) is 0.799. The molecular formula is C18H25NO4S. The van der Waals surface area contributed by atoms with E-state index in [2.05, 4.69) is 29.3 Å². The van der Waals surface area contributed by atoms with E-state index in [1.165, 1.54) is 45.2 Å². The van der Waals surface area contributed by atoms with Crippen LogP contribution >= 0.6 is 11.3 Å². The first kappa shape index (κ1) is 18.7. The summed E-state index contributed by atoms with van der Waals surface area (Å²) in [5.41, 5.74) is 3.16. The standard InChI is InChI=1S/C16H23NS.C2H2O4/c1-13-5-9-17(10-6-13)11-7-14-3-2-4-16-15(14)8-12-18-16;3-1(4)2(5)6/h7-8,12-13H,2-6,9-11H2,1H3;(H,3,4)(H,5,6). The fourth-order valence-electron chi connectivity index (χ4n) is 3.09. The van der Waals surface area contributed by atoms with Gasteiger partial charge in [-0.3, -0.25) is 4.90 Å². The second-order valence-corrected chi connectivity index (χ2v) is 7.43. The molecule has 0 unspecified atom stereocenters. The van der Waals surface area contributed by atoms with E-state index < -0.39 is 11.9 Å². The SMILES string of the molecule is CC1CCN(CC=C2CCCc3sccc32)CC1.O=C(O)C(=O)O. The first-order valence-corrected chi connectivity index (χ1v) is 9.29. The predicted octanol–water partition coefficient (Wildman–Crippen LogP) is 3.36. The van der Waals surface area contributed by atoms with Crippen LogP contribution in [0.15, 0.2) is 17.5 Å². The molecule has 5 nitrogen and oxygen atoms in total. The highest BCUT2D eigenvalue weighted by atomic mass is 32.1. The molecule has 6 heteroatoms. The Balaban J connectivity index is 0.000000301. The lowest BCUT2D eigenvalue weighted by Crippen LogP contribution is -2.33. The third-order valence-corrected chi connectivity index (χ3v) is 5.58. The highest BCUT2D eigenvalue weighted by Crippen LogP contribution is 2.34. The van der Waals surface area contributed by atoms with Crippen molar-refractivity contribution in [2.75, 3.05) is 19.6 Å². The summed E-state index contributed by atoms with van der Waals surface area (Å²) in [7, 11) is 0. The average Bonchev–Trinajstić information content (AvgIpc) is 3.04. The van der Waals surface area contributed by atoms with Crippen molar-refractivity contribution in [3.05, 3.63) is 28.0 Å². The highest BCUT2D eigenvalue weighted by molar-refractivity contribution is 7.10. The Morgan fingerprint density at radius 2 is 1.92 bits per heavy atom. The second kappa shape index (κ2) is 8.99. The molecule has 24 heavy (non-hydrogen) atoms. The molecule has 1 aromatic rings. The smallest absolute Gasteiger partial charge is 0.414 e. The van der Waals surface area contributed by atoms with Crippen LogP contribution in [0, 0.1) is 5.92 Å². The van der Waals surface area contributed by atoms with Crippen LogP contribution in [0.2, 0.25) is 0 Å². The van der Waals surface area contributed by atoms with E-state index in [-0.39, 0.29) is 0 Å². The van der Waals surface area contributed by atoms with Crippen LogP contribution in [-0.2, 0) is 16.0 Å². The number of piperidine rings is 1. The summed E-state index contributed by atoms with van der Waals surface area (Å²) in [4.78, 5) is 22.4. The molecule has 1 fully saturated rings. The van der Waals surface area contributed by atoms with Crippen molar-refractivity contribution in [1.29, 1.82) is 0 Å². The van der Waals surface area contributed by atoms with Gasteiger partial charge in [-0.25, -0.2) is 9.59 Å². The number of nitrogens with zero attached hydrogens (tertiary/aromatic N) is 1. The molecule has 3 rings (SSSR count). The number of carboxylic acids is 2. The van der Waals surface area contributed by atoms with Crippen molar-refractivity contribution in [2.24, 2.45) is 5.92 Å². The van der Waals surface area contributed by atoms with Gasteiger partial charge in [-0.15, -0.1) is 11.3 Å². The van der Waals surface area contributed by atoms with E-state index in [0.717, 1.165) is 12.5 Å². The van der Waals surface area contributed by atoms with Gasteiger partial charge in [0.1, 0.15) is 0 Å². The zero-order chi connectivity index (χ0) is 17.5. The van der Waals surface area contributed by atoms with E-state index in [0.29, 0.717) is 0 Å². The molecule has 0 radical (unpaired) electrons. The van der Waals surface area contributed by atoms with E-state index in [4.69, 9.17) is 19.8 Å². The van der Waals surface area contributed by atoms with Crippen molar-refractivity contribution >= 4 is 28.8 Å². The van der Waals surface area contributed by atoms with Gasteiger partial charge >= 0.3 is 11.9 Å². The van der Waals surface area contributed by atoms with Crippen molar-refractivity contribution in [3.63, 3.8) is 0 Å². The Morgan fingerprint density at radius 3 is 2.54 bits per heavy atom. The van der Waals surface area contributed by atoms with Crippen LogP contribution in [0.5, 0.6) is 0 Å². The maximum atomic E-state index is 9.10. The molecule has 1 saturated heterocycles. The van der Waals surface area contributed by atoms with Gasteiger partial charge in [-0.2, -0.15) is 0 Å². The number of hydrogen-bond acceptors (Lipinski definition) is 4. The monoisotopic (exact) mass is 351 g/mol. The van der Waals surface area contributed by atoms with E-state index in [1.54, 1.807) is 16.0 Å². The van der Waals surface area contributed by atoms with E-state index in [1.807, 2.05) is 11.3 Å². The van der Waals surface area contributed by atoms with Crippen molar-refractivity contribution in [3.8, 4) is 0 Å². The maximum Gasteiger partial charge on any atom is 0.414 e. The van der Waals surface area contributed by atoms with Gasteiger partial charge in [-0.05, 0) is 73.7 Å². The summed E-state index contributed by atoms with van der Waals surface area (Å²) >= 11 is 1.94. The topological polar surface area (TPSA) is 77.8 Å². The van der Waals surface area contributed by atoms with Gasteiger partial charge < -0.3 is 10.2 Å². The average molecular weight is 351 g/mol. The van der Waals surface area contributed by atoms with Crippen LogP contribution in [0.1, 0.15) is 43.0 Å². The maximum absolute atomic E-state index is 9.10. The van der Waals surface area contributed by atoms with Gasteiger partial charge in [0.05, 0.1) is 0 Å². The predicted molar refractivity (Wildman–Crippen MR) is 95.3 cm³/mol. The summed E-state index contributed by atoms with van der Waals surface area (Å²) in [6.07, 6.45) is 9.19. The Hall–Kier alpha value is -1.66. The Bertz CT molecular complexity index is 588. The molecule has 0 amide bonds. The number of aryl methyl sites for hydroxylation is 1. The number of likely N-dealkylation sites (tertiary alicyclic amines) is 1. The minimum atomic E-state index is -1.82. The van der Waals surface area contributed by atoms with E-state index in [9.17, 15) is 0 Å². The Morgan fingerprint density at radius 1 is 1.25 bits per heavy atom. The highest BCUT2D eigenvalue weighted by Gasteiger charge is 2.17. The van der Waals surface area contributed by atoms with Crippen LogP contribution in [-0.4, -0.2) is 46.7 Å². The number of fused-ring (bicyclic) bond motifs is 1. The normalized spacial score (nSPS) is 20.1. The molecule has 132 valence electrons. The molecule has 0 atom stereocenters. The summed E-state index contributed by atoms with van der Waals surface area (Å²) in [5, 5.41) is 17.0. The molecule has 1 aromatic heterocycles. The van der Waals surface area contributed by atoms with Crippen LogP contribution < -0.4 is 0 Å². The number of aliphatic carboxylic acids is 2. The van der Waals surface area contributed by atoms with Gasteiger partial charge in [0.25, 0.3) is 0 Å². The Kier molecular flexibility index (Phi) is 6.99. The lowest BCUT2D eigenvalue weighted by Gasteiger charge is -2.29. The number of rotatable bonds is 2. The van der Waals surface area contributed by atoms with Crippen molar-refractivity contribution in [1.82, 2.24) is 4.90 Å². The van der Waals surface area contributed by atoms with E-state index >= 15 is 0 Å². The number of allylic oxidation sites excluding steroid dienone is 1. The third kappa shape index (κ3) is 5.46. The second-order valence-electron chi connectivity index (χ2n) is 6.43. The first-order valence-electron chi connectivity index (χ1n) is 8.41. The molecule has 0 saturated carbocycles. The molecule has 0 spiro atoms. The number of carbonyl (C=O) groups is 2. The van der Waals surface area contributed by atoms with Crippen LogP contribution in [0.3, 0.4) is 0 Å². The van der Waals surface area contributed by atoms with Gasteiger partial charge in [0.2, 0.25) is 0 Å². The summed E-state index contributed by atoms with van der Waals surface area (Å²) in [6, 6.07) is 2.32. The molecule has 2 N–H and O–H groups in total. The van der Waals surface area contributed by atoms with Crippen molar-refractivity contribution < 1.29 is 19.8 Å². The zero-order valence-corrected chi connectivity index (χ0v) is 14.8. The molecule has 0 bridgehead atoms. The fourth-order valence-corrected chi connectivity index (χ4v) is 4.05. The molecule has 0 aromatic carbocycles. The Labute approximate surface area is 146 Å². The molecule has 1 aliphatic heterocycles. The van der Waals surface area contributed by atoms with Crippen LogP contribution in [0.25, 0.3) is 5.57 Å². The molecule has 2 heterocycles. The van der Waals surface area contributed by atoms with Gasteiger partial charge in [-0.1, -0.05) is 13.0 Å². The van der Waals surface area contributed by atoms with Crippen LogP contribution in [0.4, 0.5) is 0 Å². The fraction of sp³-hybridized carbons (Fsp3) is 0.556. The van der Waals surface area contributed by atoms with Crippen molar-refractivity contribution in [2.45, 2.75) is 39.0 Å². The van der Waals surface area contributed by atoms with Gasteiger partial charge in [0, 0.05) is 11.4 Å². The number of carboxylic acid groups (broad SMARTS) is 2. The third-order valence-electron chi connectivity index (χ3n) is 4.60. The number of thiophene rings is 1. The summed E-state index contributed by atoms with van der Waals surface area (Å²) in [5.74, 6) is -2.71.